The number of halogens is 1. The Morgan fingerprint density at radius 1 is 1.43 bits per heavy atom. The predicted octanol–water partition coefficient (Wildman–Crippen LogP) is 2.69. The number of thioether (sulfide) groups is 1. The summed E-state index contributed by atoms with van der Waals surface area (Å²) in [6.45, 7) is 2.25. The Morgan fingerprint density at radius 2 is 2.30 bits per heavy atom. The first-order chi connectivity index (χ1) is 11.2. The van der Waals surface area contributed by atoms with Crippen LogP contribution in [0, 0.1) is 0 Å². The first-order valence-electron chi connectivity index (χ1n) is 7.69. The molecule has 2 aromatic rings. The van der Waals surface area contributed by atoms with Crippen LogP contribution in [0.3, 0.4) is 0 Å². The molecule has 9 heteroatoms. The molecule has 0 saturated heterocycles. The van der Waals surface area contributed by atoms with E-state index in [1.807, 2.05) is 4.68 Å². The minimum Gasteiger partial charge on any atom is -0.371 e. The second-order valence-corrected chi connectivity index (χ2v) is 6.86. The van der Waals surface area contributed by atoms with Gasteiger partial charge in [0.2, 0.25) is 0 Å². The number of rotatable bonds is 7. The van der Waals surface area contributed by atoms with Crippen molar-refractivity contribution in [1.82, 2.24) is 25.0 Å². The van der Waals surface area contributed by atoms with Crippen molar-refractivity contribution in [1.29, 1.82) is 0 Å². The number of nitrogens with zero attached hydrogens (tertiary/aromatic N) is 5. The third-order valence-electron chi connectivity index (χ3n) is 3.80. The molecule has 1 fully saturated rings. The molecule has 2 unspecified atom stereocenters. The summed E-state index contributed by atoms with van der Waals surface area (Å²) in [6, 6.07) is 0.159. The number of aldehydes is 1. The van der Waals surface area contributed by atoms with Gasteiger partial charge in [0, 0.05) is 5.75 Å². The van der Waals surface area contributed by atoms with Gasteiger partial charge in [-0.15, -0.1) is 5.10 Å². The fourth-order valence-corrected chi connectivity index (χ4v) is 3.69. The van der Waals surface area contributed by atoms with Crippen molar-refractivity contribution in [3.05, 3.63) is 5.15 Å². The molecule has 124 valence electrons. The average Bonchev–Trinajstić information content (AvgIpc) is 3.17. The van der Waals surface area contributed by atoms with Crippen LogP contribution < -0.4 is 0 Å². The van der Waals surface area contributed by atoms with Crippen LogP contribution in [0.2, 0.25) is 5.15 Å². The third-order valence-corrected chi connectivity index (χ3v) is 5.12. The van der Waals surface area contributed by atoms with Crippen LogP contribution in [0.4, 0.5) is 0 Å². The minimum atomic E-state index is 0.0793. The summed E-state index contributed by atoms with van der Waals surface area (Å²) >= 11 is 7.79. The average molecular weight is 356 g/mol. The summed E-state index contributed by atoms with van der Waals surface area (Å²) in [5.41, 5.74) is 1.20. The molecule has 1 aliphatic carbocycles. The summed E-state index contributed by atoms with van der Waals surface area (Å²) in [7, 11) is 0. The first-order valence-corrected chi connectivity index (χ1v) is 9.05. The molecule has 0 aromatic carbocycles. The second-order valence-electron chi connectivity index (χ2n) is 5.44. The van der Waals surface area contributed by atoms with Gasteiger partial charge in [0.1, 0.15) is 12.9 Å². The SMILES string of the molecule is CCCSc1nc(Cl)c2nnn(C3CCC(OCC=O)C3)c2n1. The number of hydrogen-bond donors (Lipinski definition) is 0. The lowest BCUT2D eigenvalue weighted by atomic mass is 10.2. The normalized spacial score (nSPS) is 21.1. The molecule has 2 aromatic heterocycles. The summed E-state index contributed by atoms with van der Waals surface area (Å²) in [6.07, 6.45) is 4.51. The van der Waals surface area contributed by atoms with Gasteiger partial charge in [-0.3, -0.25) is 0 Å². The van der Waals surface area contributed by atoms with Crippen molar-refractivity contribution in [2.45, 2.75) is 49.9 Å². The zero-order chi connectivity index (χ0) is 16.2. The molecule has 0 spiro atoms. The quantitative estimate of drug-likeness (QED) is 0.327. The highest BCUT2D eigenvalue weighted by atomic mass is 35.5. The Kier molecular flexibility index (Phi) is 5.45. The lowest BCUT2D eigenvalue weighted by molar-refractivity contribution is -0.113. The molecule has 0 amide bonds. The summed E-state index contributed by atoms with van der Waals surface area (Å²) in [4.78, 5) is 19.3. The maximum Gasteiger partial charge on any atom is 0.191 e. The minimum absolute atomic E-state index is 0.0793. The largest absolute Gasteiger partial charge is 0.371 e. The molecule has 0 aliphatic heterocycles. The van der Waals surface area contributed by atoms with Crippen molar-refractivity contribution in [3.63, 3.8) is 0 Å². The van der Waals surface area contributed by atoms with Gasteiger partial charge < -0.3 is 9.53 Å². The number of ether oxygens (including phenoxy) is 1. The van der Waals surface area contributed by atoms with Crippen LogP contribution in [0.1, 0.15) is 38.6 Å². The van der Waals surface area contributed by atoms with Crippen LogP contribution in [0.25, 0.3) is 11.2 Å². The Morgan fingerprint density at radius 3 is 3.09 bits per heavy atom. The maximum atomic E-state index is 10.4. The molecular formula is C14H18ClN5O2S. The Hall–Kier alpha value is -1.25. The van der Waals surface area contributed by atoms with Crippen LogP contribution in [-0.4, -0.2) is 49.7 Å². The number of fused-ring (bicyclic) bond motifs is 1. The molecule has 7 nitrogen and oxygen atoms in total. The van der Waals surface area contributed by atoms with E-state index in [1.54, 1.807) is 11.8 Å². The number of hydrogen-bond acceptors (Lipinski definition) is 7. The monoisotopic (exact) mass is 355 g/mol. The fraction of sp³-hybridized carbons (Fsp3) is 0.643. The number of carbonyl (C=O) groups is 1. The molecule has 0 radical (unpaired) electrons. The highest BCUT2D eigenvalue weighted by Crippen LogP contribution is 2.34. The van der Waals surface area contributed by atoms with Crippen molar-refractivity contribution < 1.29 is 9.53 Å². The van der Waals surface area contributed by atoms with Gasteiger partial charge in [-0.05, 0) is 25.7 Å². The van der Waals surface area contributed by atoms with E-state index in [9.17, 15) is 4.79 Å². The van der Waals surface area contributed by atoms with E-state index in [0.717, 1.165) is 37.7 Å². The number of aromatic nitrogens is 5. The highest BCUT2D eigenvalue weighted by Gasteiger charge is 2.29. The zero-order valence-electron chi connectivity index (χ0n) is 12.8. The molecule has 0 N–H and O–H groups in total. The third kappa shape index (κ3) is 3.64. The van der Waals surface area contributed by atoms with Gasteiger partial charge in [-0.1, -0.05) is 35.5 Å². The standard InChI is InChI=1S/C14H18ClN5O2S/c1-2-7-23-14-16-12(15)11-13(17-14)20(19-18-11)9-3-4-10(8-9)22-6-5-21/h5,9-10H,2-4,6-8H2,1H3. The summed E-state index contributed by atoms with van der Waals surface area (Å²) in [5.74, 6) is 0.939. The topological polar surface area (TPSA) is 82.8 Å². The van der Waals surface area contributed by atoms with Crippen LogP contribution in [0.15, 0.2) is 5.16 Å². The van der Waals surface area contributed by atoms with E-state index in [2.05, 4.69) is 27.2 Å². The Balaban J connectivity index is 1.83. The van der Waals surface area contributed by atoms with Crippen molar-refractivity contribution >= 4 is 40.8 Å². The molecule has 0 bridgehead atoms. The first kappa shape index (κ1) is 16.6. The van der Waals surface area contributed by atoms with Gasteiger partial charge in [0.25, 0.3) is 0 Å². The van der Waals surface area contributed by atoms with E-state index in [4.69, 9.17) is 16.3 Å². The van der Waals surface area contributed by atoms with Crippen LogP contribution in [0.5, 0.6) is 0 Å². The van der Waals surface area contributed by atoms with Gasteiger partial charge in [-0.25, -0.2) is 14.6 Å². The molecule has 23 heavy (non-hydrogen) atoms. The fourth-order valence-electron chi connectivity index (χ4n) is 2.75. The van der Waals surface area contributed by atoms with E-state index < -0.39 is 0 Å². The molecule has 1 saturated carbocycles. The van der Waals surface area contributed by atoms with E-state index in [1.165, 1.54) is 0 Å². The Labute approximate surface area is 143 Å². The molecule has 2 heterocycles. The van der Waals surface area contributed by atoms with Gasteiger partial charge in [0.15, 0.2) is 21.5 Å². The van der Waals surface area contributed by atoms with Crippen molar-refractivity contribution in [2.24, 2.45) is 0 Å². The second kappa shape index (κ2) is 7.55. The van der Waals surface area contributed by atoms with Crippen molar-refractivity contribution in [2.75, 3.05) is 12.4 Å². The molecular weight excluding hydrogens is 338 g/mol. The van der Waals surface area contributed by atoms with Gasteiger partial charge >= 0.3 is 0 Å². The predicted molar refractivity (Wildman–Crippen MR) is 87.8 cm³/mol. The lowest BCUT2D eigenvalue weighted by Gasteiger charge is -2.11. The summed E-state index contributed by atoms with van der Waals surface area (Å²) < 4.78 is 7.32. The summed E-state index contributed by atoms with van der Waals surface area (Å²) in [5, 5.41) is 9.33. The lowest BCUT2D eigenvalue weighted by Crippen LogP contribution is -2.13. The van der Waals surface area contributed by atoms with Gasteiger partial charge in [-0.2, -0.15) is 0 Å². The molecule has 2 atom stereocenters. The number of carbonyl (C=O) groups excluding carboxylic acids is 1. The highest BCUT2D eigenvalue weighted by molar-refractivity contribution is 7.99. The smallest absolute Gasteiger partial charge is 0.191 e. The van der Waals surface area contributed by atoms with Crippen LogP contribution in [-0.2, 0) is 9.53 Å². The Bertz CT molecular complexity index is 695. The van der Waals surface area contributed by atoms with Crippen LogP contribution >= 0.6 is 23.4 Å². The molecule has 1 aliphatic rings. The van der Waals surface area contributed by atoms with Crippen molar-refractivity contribution in [3.8, 4) is 0 Å². The van der Waals surface area contributed by atoms with Gasteiger partial charge in [0.05, 0.1) is 12.1 Å². The zero-order valence-corrected chi connectivity index (χ0v) is 14.4. The van der Waals surface area contributed by atoms with E-state index >= 15 is 0 Å². The molecule has 3 rings (SSSR count). The van der Waals surface area contributed by atoms with E-state index in [-0.39, 0.29) is 18.8 Å². The maximum absolute atomic E-state index is 10.4. The van der Waals surface area contributed by atoms with E-state index in [0.29, 0.717) is 21.5 Å².